The number of halogens is 1. The largest absolute Gasteiger partial charge is 0.366 e. The molecule has 94 valence electrons. The fraction of sp³-hybridized carbons (Fsp3) is 0.0714. The topological polar surface area (TPSA) is 54.9 Å². The van der Waals surface area contributed by atoms with Gasteiger partial charge in [0, 0.05) is 35.6 Å². The summed E-state index contributed by atoms with van der Waals surface area (Å²) in [5, 5.41) is 3.50. The zero-order valence-corrected chi connectivity index (χ0v) is 10.7. The van der Waals surface area contributed by atoms with Gasteiger partial charge in [-0.15, -0.1) is 0 Å². The van der Waals surface area contributed by atoms with Crippen LogP contribution in [0.1, 0.15) is 15.9 Å². The van der Waals surface area contributed by atoms with Crippen LogP contribution in [0, 0.1) is 0 Å². The number of carbonyl (C=O) groups excluding carboxylic acids is 1. The Morgan fingerprint density at radius 3 is 2.95 bits per heavy atom. The van der Waals surface area contributed by atoms with Gasteiger partial charge in [-0.05, 0) is 24.3 Å². The molecule has 0 aromatic carbocycles. The van der Waals surface area contributed by atoms with Crippen molar-refractivity contribution in [1.29, 1.82) is 0 Å². The molecule has 0 radical (unpaired) electrons. The van der Waals surface area contributed by atoms with Gasteiger partial charge in [0.25, 0.3) is 0 Å². The van der Waals surface area contributed by atoms with Gasteiger partial charge in [-0.3, -0.25) is 4.79 Å². The van der Waals surface area contributed by atoms with E-state index in [-0.39, 0.29) is 5.78 Å². The summed E-state index contributed by atoms with van der Waals surface area (Å²) in [5.74, 6) is 0.662. The lowest BCUT2D eigenvalue weighted by atomic mass is 9.96. The third-order valence-corrected chi connectivity index (χ3v) is 3.13. The van der Waals surface area contributed by atoms with Crippen LogP contribution in [0.25, 0.3) is 5.57 Å². The molecule has 1 aliphatic heterocycles. The molecule has 3 rings (SSSR count). The van der Waals surface area contributed by atoms with Gasteiger partial charge in [0.15, 0.2) is 5.78 Å². The highest BCUT2D eigenvalue weighted by molar-refractivity contribution is 6.31. The molecule has 0 saturated carbocycles. The highest BCUT2D eigenvalue weighted by Crippen LogP contribution is 2.27. The maximum Gasteiger partial charge on any atom is 0.195 e. The SMILES string of the molecule is O=C(C1=CCNc2ncccc21)c1ccc(Cl)nc1. The Hall–Kier alpha value is -2.20. The molecule has 0 saturated heterocycles. The zero-order chi connectivity index (χ0) is 13.2. The first-order valence-electron chi connectivity index (χ1n) is 5.81. The van der Waals surface area contributed by atoms with Crippen molar-refractivity contribution in [3.63, 3.8) is 0 Å². The second-order valence-corrected chi connectivity index (χ2v) is 4.48. The van der Waals surface area contributed by atoms with Crippen molar-refractivity contribution in [3.8, 4) is 0 Å². The Kier molecular flexibility index (Phi) is 3.01. The van der Waals surface area contributed by atoms with Gasteiger partial charge in [0.2, 0.25) is 0 Å². The van der Waals surface area contributed by atoms with E-state index in [1.165, 1.54) is 6.20 Å². The minimum atomic E-state index is -0.0695. The summed E-state index contributed by atoms with van der Waals surface area (Å²) in [6, 6.07) is 6.98. The van der Waals surface area contributed by atoms with Gasteiger partial charge >= 0.3 is 0 Å². The number of aromatic nitrogens is 2. The van der Waals surface area contributed by atoms with Crippen molar-refractivity contribution in [2.75, 3.05) is 11.9 Å². The minimum Gasteiger partial charge on any atom is -0.366 e. The fourth-order valence-electron chi connectivity index (χ4n) is 2.00. The van der Waals surface area contributed by atoms with Crippen LogP contribution in [0.5, 0.6) is 0 Å². The van der Waals surface area contributed by atoms with Crippen molar-refractivity contribution < 1.29 is 4.79 Å². The van der Waals surface area contributed by atoms with E-state index in [0.29, 0.717) is 22.8 Å². The molecule has 0 bridgehead atoms. The number of ketones is 1. The Morgan fingerprint density at radius 1 is 1.26 bits per heavy atom. The van der Waals surface area contributed by atoms with Crippen LogP contribution >= 0.6 is 11.6 Å². The van der Waals surface area contributed by atoms with Crippen molar-refractivity contribution >= 4 is 28.8 Å². The molecule has 3 heterocycles. The van der Waals surface area contributed by atoms with Crippen molar-refractivity contribution in [2.24, 2.45) is 0 Å². The van der Waals surface area contributed by atoms with Gasteiger partial charge < -0.3 is 5.32 Å². The minimum absolute atomic E-state index is 0.0695. The standard InChI is InChI=1S/C14H10ClN3O/c15-12-4-3-9(8-18-12)13(19)10-5-7-17-14-11(10)2-1-6-16-14/h1-6,8H,7H2,(H,16,17). The highest BCUT2D eigenvalue weighted by atomic mass is 35.5. The maximum absolute atomic E-state index is 12.5. The third-order valence-electron chi connectivity index (χ3n) is 2.91. The van der Waals surface area contributed by atoms with Crippen molar-refractivity contribution in [3.05, 3.63) is 59.0 Å². The monoisotopic (exact) mass is 271 g/mol. The molecular weight excluding hydrogens is 262 g/mol. The van der Waals surface area contributed by atoms with Crippen LogP contribution in [0.3, 0.4) is 0 Å². The van der Waals surface area contributed by atoms with Crippen LogP contribution in [-0.2, 0) is 0 Å². The molecule has 1 N–H and O–H groups in total. The normalized spacial score (nSPS) is 13.2. The van der Waals surface area contributed by atoms with Gasteiger partial charge in [0.05, 0.1) is 0 Å². The molecule has 4 nitrogen and oxygen atoms in total. The molecule has 2 aromatic heterocycles. The average Bonchev–Trinajstić information content (AvgIpc) is 2.47. The Balaban J connectivity index is 2.01. The average molecular weight is 272 g/mol. The van der Waals surface area contributed by atoms with Crippen LogP contribution in [0.15, 0.2) is 42.7 Å². The lowest BCUT2D eigenvalue weighted by Crippen LogP contribution is -2.14. The summed E-state index contributed by atoms with van der Waals surface area (Å²) in [6.45, 7) is 0.589. The lowest BCUT2D eigenvalue weighted by Gasteiger charge is -2.17. The Bertz CT molecular complexity index is 665. The summed E-state index contributed by atoms with van der Waals surface area (Å²) in [7, 11) is 0. The van der Waals surface area contributed by atoms with E-state index >= 15 is 0 Å². The van der Waals surface area contributed by atoms with Gasteiger partial charge in [-0.2, -0.15) is 0 Å². The molecule has 5 heteroatoms. The van der Waals surface area contributed by atoms with E-state index in [1.807, 2.05) is 18.2 Å². The van der Waals surface area contributed by atoms with E-state index < -0.39 is 0 Å². The quantitative estimate of drug-likeness (QED) is 0.674. The molecule has 19 heavy (non-hydrogen) atoms. The fourth-order valence-corrected chi connectivity index (χ4v) is 2.12. The van der Waals surface area contributed by atoms with Crippen LogP contribution in [-0.4, -0.2) is 22.3 Å². The van der Waals surface area contributed by atoms with Crippen molar-refractivity contribution in [1.82, 2.24) is 9.97 Å². The zero-order valence-electron chi connectivity index (χ0n) is 9.93. The van der Waals surface area contributed by atoms with E-state index in [1.54, 1.807) is 18.3 Å². The van der Waals surface area contributed by atoms with Gasteiger partial charge in [-0.25, -0.2) is 9.97 Å². The van der Waals surface area contributed by atoms with E-state index in [9.17, 15) is 4.79 Å². The number of fused-ring (bicyclic) bond motifs is 1. The summed E-state index contributed by atoms with van der Waals surface area (Å²) in [4.78, 5) is 20.6. The second-order valence-electron chi connectivity index (χ2n) is 4.10. The molecule has 0 fully saturated rings. The Morgan fingerprint density at radius 2 is 2.16 bits per heavy atom. The van der Waals surface area contributed by atoms with Crippen molar-refractivity contribution in [2.45, 2.75) is 0 Å². The first kappa shape index (κ1) is 11.9. The predicted octanol–water partition coefficient (Wildman–Crippen LogP) is 2.82. The number of anilines is 1. The third kappa shape index (κ3) is 2.22. The number of allylic oxidation sites excluding steroid dienone is 1. The molecule has 0 spiro atoms. The number of hydrogen-bond acceptors (Lipinski definition) is 4. The number of rotatable bonds is 2. The highest BCUT2D eigenvalue weighted by Gasteiger charge is 2.20. The number of carbonyl (C=O) groups is 1. The van der Waals surface area contributed by atoms with Gasteiger partial charge in [-0.1, -0.05) is 17.7 Å². The first-order chi connectivity index (χ1) is 9.25. The van der Waals surface area contributed by atoms with Crippen LogP contribution < -0.4 is 5.32 Å². The molecule has 0 unspecified atom stereocenters. The van der Waals surface area contributed by atoms with Gasteiger partial charge in [0.1, 0.15) is 11.0 Å². The molecule has 0 aliphatic carbocycles. The summed E-state index contributed by atoms with van der Waals surface area (Å²) >= 11 is 5.73. The van der Waals surface area contributed by atoms with Crippen LogP contribution in [0.4, 0.5) is 5.82 Å². The second kappa shape index (κ2) is 4.82. The first-order valence-corrected chi connectivity index (χ1v) is 6.19. The van der Waals surface area contributed by atoms with E-state index in [4.69, 9.17) is 11.6 Å². The van der Waals surface area contributed by atoms with Crippen LogP contribution in [0.2, 0.25) is 5.15 Å². The Labute approximate surface area is 115 Å². The number of pyridine rings is 2. The smallest absolute Gasteiger partial charge is 0.195 e. The number of nitrogens with one attached hydrogen (secondary N) is 1. The number of nitrogens with zero attached hydrogens (tertiary/aromatic N) is 2. The predicted molar refractivity (Wildman–Crippen MR) is 74.3 cm³/mol. The molecule has 2 aromatic rings. The molecule has 0 amide bonds. The molecular formula is C14H10ClN3O. The lowest BCUT2D eigenvalue weighted by molar-refractivity contribution is 0.105. The van der Waals surface area contributed by atoms with E-state index in [0.717, 1.165) is 11.4 Å². The number of hydrogen-bond donors (Lipinski definition) is 1. The summed E-state index contributed by atoms with van der Waals surface area (Å²) in [5.41, 5.74) is 1.98. The summed E-state index contributed by atoms with van der Waals surface area (Å²) in [6.07, 6.45) is 5.05. The number of Topliss-reactive ketones (excluding diaryl/α,β-unsaturated/α-hetero) is 1. The van der Waals surface area contributed by atoms with E-state index in [2.05, 4.69) is 15.3 Å². The molecule has 0 atom stereocenters. The maximum atomic E-state index is 12.5. The molecule has 1 aliphatic rings. The summed E-state index contributed by atoms with van der Waals surface area (Å²) < 4.78 is 0.